The molecule has 0 aromatic carbocycles. The molecule has 0 saturated heterocycles. The summed E-state index contributed by atoms with van der Waals surface area (Å²) in [6, 6.07) is 0. The highest BCUT2D eigenvalue weighted by Gasteiger charge is 2.07. The van der Waals surface area contributed by atoms with Gasteiger partial charge >= 0.3 is 0 Å². The Kier molecular flexibility index (Phi) is 4.33. The smallest absolute Gasteiger partial charge is 0.203 e. The molecule has 0 radical (unpaired) electrons. The van der Waals surface area contributed by atoms with Gasteiger partial charge in [0.2, 0.25) is 5.95 Å². The van der Waals surface area contributed by atoms with Crippen LogP contribution in [0.4, 0.5) is 5.95 Å². The van der Waals surface area contributed by atoms with E-state index in [1.165, 1.54) is 0 Å². The molecule has 0 aliphatic heterocycles. The Bertz CT molecular complexity index is 506. The number of nitrogens with one attached hydrogen (secondary N) is 1. The monoisotopic (exact) mass is 266 g/mol. The molecule has 0 atom stereocenters. The summed E-state index contributed by atoms with van der Waals surface area (Å²) in [4.78, 5) is 8.93. The number of hydrogen-bond donors (Lipinski definition) is 1. The molecule has 0 aliphatic rings. The maximum absolute atomic E-state index is 5.02. The van der Waals surface area contributed by atoms with Gasteiger partial charge in [0.1, 0.15) is 5.01 Å². The first-order valence-electron chi connectivity index (χ1n) is 5.86. The summed E-state index contributed by atoms with van der Waals surface area (Å²) >= 11 is 1.68. The van der Waals surface area contributed by atoms with Crippen LogP contribution in [-0.2, 0) is 11.3 Å². The Balaban J connectivity index is 2.06. The third-order valence-corrected chi connectivity index (χ3v) is 3.41. The number of aryl methyl sites for hydroxylation is 2. The van der Waals surface area contributed by atoms with Crippen LogP contribution < -0.4 is 5.32 Å². The number of anilines is 1. The minimum atomic E-state index is 0.669. The summed E-state index contributed by atoms with van der Waals surface area (Å²) in [5, 5.41) is 6.43. The zero-order valence-electron chi connectivity index (χ0n) is 10.9. The largest absolute Gasteiger partial charge is 0.383 e. The lowest BCUT2D eigenvalue weighted by Gasteiger charge is -2.07. The fourth-order valence-electron chi connectivity index (χ4n) is 1.69. The first-order valence-corrected chi connectivity index (χ1v) is 6.74. The number of thiazole rings is 1. The molecule has 5 nitrogen and oxygen atoms in total. The maximum Gasteiger partial charge on any atom is 0.203 e. The molecule has 6 heteroatoms. The van der Waals surface area contributed by atoms with Gasteiger partial charge in [0.05, 0.1) is 18.8 Å². The van der Waals surface area contributed by atoms with Crippen molar-refractivity contribution in [1.82, 2.24) is 14.5 Å². The average Bonchev–Trinajstić information content (AvgIpc) is 2.87. The molecule has 0 aliphatic carbocycles. The van der Waals surface area contributed by atoms with Crippen LogP contribution in [-0.4, -0.2) is 34.8 Å². The second-order valence-electron chi connectivity index (χ2n) is 4.14. The van der Waals surface area contributed by atoms with E-state index >= 15 is 0 Å². The van der Waals surface area contributed by atoms with Crippen molar-refractivity contribution in [1.29, 1.82) is 0 Å². The number of methoxy groups -OCH3 is 1. The fourth-order valence-corrected chi connectivity index (χ4v) is 2.46. The molecule has 98 valence electrons. The third kappa shape index (κ3) is 3.30. The van der Waals surface area contributed by atoms with Crippen LogP contribution in [0, 0.1) is 13.8 Å². The number of hydrogen-bond acceptors (Lipinski definition) is 5. The molecular formula is C12H18N4OS. The highest BCUT2D eigenvalue weighted by Crippen LogP contribution is 2.15. The van der Waals surface area contributed by atoms with Gasteiger partial charge in [-0.15, -0.1) is 11.3 Å². The molecule has 0 bridgehead atoms. The normalized spacial score (nSPS) is 10.8. The van der Waals surface area contributed by atoms with Crippen molar-refractivity contribution in [3.8, 4) is 0 Å². The van der Waals surface area contributed by atoms with Crippen LogP contribution in [0.15, 0.2) is 11.6 Å². The van der Waals surface area contributed by atoms with E-state index in [1.807, 2.05) is 20.0 Å². The number of aromatic nitrogens is 3. The molecular weight excluding hydrogens is 248 g/mol. The van der Waals surface area contributed by atoms with Gasteiger partial charge in [0, 0.05) is 30.9 Å². The van der Waals surface area contributed by atoms with Crippen molar-refractivity contribution in [2.75, 3.05) is 25.6 Å². The molecule has 0 amide bonds. The van der Waals surface area contributed by atoms with E-state index in [0.29, 0.717) is 6.61 Å². The second kappa shape index (κ2) is 5.97. The molecule has 2 rings (SSSR count). The third-order valence-electron chi connectivity index (χ3n) is 2.46. The van der Waals surface area contributed by atoms with Gasteiger partial charge in [0.25, 0.3) is 0 Å². The number of nitrogens with zero attached hydrogens (tertiary/aromatic N) is 3. The molecule has 0 fully saturated rings. The summed E-state index contributed by atoms with van der Waals surface area (Å²) in [6.07, 6.45) is 2.03. The van der Waals surface area contributed by atoms with Crippen LogP contribution in [0.2, 0.25) is 0 Å². The van der Waals surface area contributed by atoms with E-state index in [0.717, 1.165) is 35.4 Å². The summed E-state index contributed by atoms with van der Waals surface area (Å²) in [6.45, 7) is 6.18. The Morgan fingerprint density at radius 1 is 1.33 bits per heavy atom. The van der Waals surface area contributed by atoms with Crippen LogP contribution in [0.25, 0.3) is 0 Å². The molecule has 1 N–H and O–H groups in total. The maximum atomic E-state index is 5.02. The molecule has 2 aromatic heterocycles. The van der Waals surface area contributed by atoms with Crippen LogP contribution in [0.1, 0.15) is 16.4 Å². The summed E-state index contributed by atoms with van der Waals surface area (Å²) in [5.41, 5.74) is 2.07. The summed E-state index contributed by atoms with van der Waals surface area (Å²) in [5.74, 6) is 0.873. The van der Waals surface area contributed by atoms with E-state index in [4.69, 9.17) is 4.74 Å². The van der Waals surface area contributed by atoms with Crippen molar-refractivity contribution >= 4 is 17.3 Å². The van der Waals surface area contributed by atoms with Crippen LogP contribution in [0.5, 0.6) is 0 Å². The van der Waals surface area contributed by atoms with E-state index in [9.17, 15) is 0 Å². The molecule has 18 heavy (non-hydrogen) atoms. The predicted octanol–water partition coefficient (Wildman–Crippen LogP) is 2.06. The second-order valence-corrected chi connectivity index (χ2v) is 5.08. The van der Waals surface area contributed by atoms with Crippen molar-refractivity contribution < 1.29 is 4.74 Å². The Morgan fingerprint density at radius 2 is 2.17 bits per heavy atom. The fraction of sp³-hybridized carbons (Fsp3) is 0.500. The Labute approximate surface area is 111 Å². The molecule has 0 spiro atoms. The standard InChI is InChI=1S/C12H18N4OS/c1-9-6-16(7-11-14-10(2)8-18-11)12(15-9)13-4-5-17-3/h6,8H,4-5,7H2,1-3H3,(H,13,15). The predicted molar refractivity (Wildman–Crippen MR) is 73.3 cm³/mol. The lowest BCUT2D eigenvalue weighted by molar-refractivity contribution is 0.210. The Morgan fingerprint density at radius 3 is 2.83 bits per heavy atom. The lowest BCUT2D eigenvalue weighted by Crippen LogP contribution is -2.12. The minimum Gasteiger partial charge on any atom is -0.383 e. The van der Waals surface area contributed by atoms with Gasteiger partial charge in [-0.2, -0.15) is 0 Å². The van der Waals surface area contributed by atoms with E-state index in [1.54, 1.807) is 18.4 Å². The van der Waals surface area contributed by atoms with Crippen molar-refractivity contribution in [2.45, 2.75) is 20.4 Å². The molecule has 2 aromatic rings. The number of rotatable bonds is 6. The minimum absolute atomic E-state index is 0.669. The number of ether oxygens (including phenoxy) is 1. The van der Waals surface area contributed by atoms with Crippen LogP contribution in [0.3, 0.4) is 0 Å². The molecule has 0 saturated carbocycles. The zero-order chi connectivity index (χ0) is 13.0. The van der Waals surface area contributed by atoms with Gasteiger partial charge in [-0.25, -0.2) is 9.97 Å². The Hall–Kier alpha value is -1.40. The van der Waals surface area contributed by atoms with Gasteiger partial charge in [-0.3, -0.25) is 0 Å². The first-order chi connectivity index (χ1) is 8.69. The topological polar surface area (TPSA) is 52.0 Å². The van der Waals surface area contributed by atoms with Crippen molar-refractivity contribution in [3.05, 3.63) is 28.0 Å². The zero-order valence-corrected chi connectivity index (χ0v) is 11.8. The first kappa shape index (κ1) is 13.0. The van der Waals surface area contributed by atoms with E-state index < -0.39 is 0 Å². The van der Waals surface area contributed by atoms with E-state index in [-0.39, 0.29) is 0 Å². The number of imidazole rings is 1. The highest BCUT2D eigenvalue weighted by molar-refractivity contribution is 7.09. The van der Waals surface area contributed by atoms with Gasteiger partial charge in [-0.05, 0) is 13.8 Å². The van der Waals surface area contributed by atoms with Gasteiger partial charge in [-0.1, -0.05) is 0 Å². The lowest BCUT2D eigenvalue weighted by atomic mass is 10.5. The van der Waals surface area contributed by atoms with Crippen molar-refractivity contribution in [2.24, 2.45) is 0 Å². The van der Waals surface area contributed by atoms with Gasteiger partial charge < -0.3 is 14.6 Å². The van der Waals surface area contributed by atoms with Crippen molar-refractivity contribution in [3.63, 3.8) is 0 Å². The summed E-state index contributed by atoms with van der Waals surface area (Å²) < 4.78 is 7.11. The quantitative estimate of drug-likeness (QED) is 0.813. The molecule has 0 unspecified atom stereocenters. The summed E-state index contributed by atoms with van der Waals surface area (Å²) in [7, 11) is 1.69. The highest BCUT2D eigenvalue weighted by atomic mass is 32.1. The average molecular weight is 266 g/mol. The SMILES string of the molecule is COCCNc1nc(C)cn1Cc1nc(C)cs1. The van der Waals surface area contributed by atoms with Crippen LogP contribution >= 0.6 is 11.3 Å². The molecule has 2 heterocycles. The van der Waals surface area contributed by atoms with E-state index in [2.05, 4.69) is 25.2 Å². The van der Waals surface area contributed by atoms with Gasteiger partial charge in [0.15, 0.2) is 0 Å².